The molecular weight excluding hydrogens is 440 g/mol. The van der Waals surface area contributed by atoms with Crippen molar-refractivity contribution in [3.8, 4) is 11.5 Å². The van der Waals surface area contributed by atoms with Crippen molar-refractivity contribution in [3.63, 3.8) is 0 Å². The fraction of sp³-hybridized carbons (Fsp3) is 0.238. The SMILES string of the molecule is COc1cc2c(cc1OC)C(c1cccs1)N(C(=O)c1cncc(Br)c1)CC2. The molecular formula is C21H19BrN2O3S. The Morgan fingerprint density at radius 1 is 1.21 bits per heavy atom. The van der Waals surface area contributed by atoms with Gasteiger partial charge in [-0.1, -0.05) is 6.07 Å². The van der Waals surface area contributed by atoms with E-state index in [0.29, 0.717) is 23.6 Å². The highest BCUT2D eigenvalue weighted by molar-refractivity contribution is 9.10. The lowest BCUT2D eigenvalue weighted by molar-refractivity contribution is 0.0696. The van der Waals surface area contributed by atoms with Gasteiger partial charge in [0.25, 0.3) is 5.91 Å². The van der Waals surface area contributed by atoms with Gasteiger partial charge >= 0.3 is 0 Å². The molecule has 1 aromatic carbocycles. The van der Waals surface area contributed by atoms with Crippen LogP contribution in [0, 0.1) is 0 Å². The number of rotatable bonds is 4. The van der Waals surface area contributed by atoms with Crippen LogP contribution >= 0.6 is 27.3 Å². The first kappa shape index (κ1) is 19.0. The molecule has 0 saturated carbocycles. The molecule has 5 nitrogen and oxygen atoms in total. The van der Waals surface area contributed by atoms with Gasteiger partial charge in [0, 0.05) is 28.3 Å². The van der Waals surface area contributed by atoms with Gasteiger partial charge in [-0.05, 0) is 63.1 Å². The lowest BCUT2D eigenvalue weighted by atomic mass is 9.90. The Hall–Kier alpha value is -2.38. The number of pyridine rings is 1. The summed E-state index contributed by atoms with van der Waals surface area (Å²) in [5, 5.41) is 2.04. The number of methoxy groups -OCH3 is 2. The van der Waals surface area contributed by atoms with Crippen molar-refractivity contribution in [3.05, 3.63) is 74.1 Å². The van der Waals surface area contributed by atoms with Crippen LogP contribution in [0.5, 0.6) is 11.5 Å². The van der Waals surface area contributed by atoms with Crippen LogP contribution in [-0.4, -0.2) is 36.6 Å². The predicted molar refractivity (Wildman–Crippen MR) is 112 cm³/mol. The minimum Gasteiger partial charge on any atom is -0.493 e. The molecule has 0 saturated heterocycles. The van der Waals surface area contributed by atoms with Crippen molar-refractivity contribution in [1.82, 2.24) is 9.88 Å². The highest BCUT2D eigenvalue weighted by Gasteiger charge is 2.34. The number of aromatic nitrogens is 1. The maximum Gasteiger partial charge on any atom is 0.256 e. The van der Waals surface area contributed by atoms with Crippen molar-refractivity contribution in [2.75, 3.05) is 20.8 Å². The summed E-state index contributed by atoms with van der Waals surface area (Å²) in [6.45, 7) is 0.621. The molecule has 0 radical (unpaired) electrons. The van der Waals surface area contributed by atoms with Gasteiger partial charge < -0.3 is 14.4 Å². The third-order valence-electron chi connectivity index (χ3n) is 4.90. The summed E-state index contributed by atoms with van der Waals surface area (Å²) in [4.78, 5) is 20.5. The van der Waals surface area contributed by atoms with E-state index >= 15 is 0 Å². The molecule has 1 amide bonds. The third kappa shape index (κ3) is 3.40. The zero-order valence-corrected chi connectivity index (χ0v) is 17.9. The van der Waals surface area contributed by atoms with Crippen LogP contribution in [0.3, 0.4) is 0 Å². The molecule has 28 heavy (non-hydrogen) atoms. The smallest absolute Gasteiger partial charge is 0.256 e. The van der Waals surface area contributed by atoms with Crippen LogP contribution in [0.1, 0.15) is 32.4 Å². The Balaban J connectivity index is 1.82. The van der Waals surface area contributed by atoms with E-state index in [-0.39, 0.29) is 11.9 Å². The average Bonchev–Trinajstić information content (AvgIpc) is 3.25. The van der Waals surface area contributed by atoms with Crippen molar-refractivity contribution in [2.24, 2.45) is 0 Å². The van der Waals surface area contributed by atoms with Crippen LogP contribution in [0.2, 0.25) is 0 Å². The zero-order valence-electron chi connectivity index (χ0n) is 15.5. The van der Waals surface area contributed by atoms with E-state index in [9.17, 15) is 4.79 Å². The molecule has 1 atom stereocenters. The quantitative estimate of drug-likeness (QED) is 0.567. The van der Waals surface area contributed by atoms with Crippen LogP contribution in [0.25, 0.3) is 0 Å². The number of amides is 1. The molecule has 0 aliphatic carbocycles. The van der Waals surface area contributed by atoms with Crippen LogP contribution in [0.15, 0.2) is 52.6 Å². The van der Waals surface area contributed by atoms with Crippen LogP contribution in [0.4, 0.5) is 0 Å². The number of benzene rings is 1. The summed E-state index contributed by atoms with van der Waals surface area (Å²) in [7, 11) is 3.27. The Kier molecular flexibility index (Phi) is 5.37. The number of hydrogen-bond donors (Lipinski definition) is 0. The molecule has 3 aromatic rings. The zero-order chi connectivity index (χ0) is 19.7. The number of fused-ring (bicyclic) bond motifs is 1. The summed E-state index contributed by atoms with van der Waals surface area (Å²) in [6.07, 6.45) is 4.05. The topological polar surface area (TPSA) is 51.7 Å². The van der Waals surface area contributed by atoms with E-state index in [2.05, 4.69) is 27.0 Å². The van der Waals surface area contributed by atoms with Crippen molar-refractivity contribution < 1.29 is 14.3 Å². The first-order chi connectivity index (χ1) is 13.6. The van der Waals surface area contributed by atoms with Gasteiger partial charge in [-0.25, -0.2) is 0 Å². The number of ether oxygens (including phenoxy) is 2. The lowest BCUT2D eigenvalue weighted by Crippen LogP contribution is -2.40. The third-order valence-corrected chi connectivity index (χ3v) is 6.26. The molecule has 4 rings (SSSR count). The molecule has 1 unspecified atom stereocenters. The monoisotopic (exact) mass is 458 g/mol. The number of carbonyl (C=O) groups excluding carboxylic acids is 1. The number of nitrogens with zero attached hydrogens (tertiary/aromatic N) is 2. The summed E-state index contributed by atoms with van der Waals surface area (Å²) in [5.41, 5.74) is 2.81. The molecule has 0 N–H and O–H groups in total. The molecule has 2 aromatic heterocycles. The van der Waals surface area contributed by atoms with Crippen molar-refractivity contribution in [1.29, 1.82) is 0 Å². The van der Waals surface area contributed by atoms with Gasteiger partial charge in [-0.15, -0.1) is 11.3 Å². The molecule has 0 spiro atoms. The predicted octanol–water partition coefficient (Wildman–Crippen LogP) is 4.71. The van der Waals surface area contributed by atoms with Crippen molar-refractivity contribution >= 4 is 33.2 Å². The second-order valence-corrected chi connectivity index (χ2v) is 8.36. The van der Waals surface area contributed by atoms with Crippen molar-refractivity contribution in [2.45, 2.75) is 12.5 Å². The number of carbonyl (C=O) groups is 1. The molecule has 1 aliphatic rings. The van der Waals surface area contributed by atoms with E-state index in [4.69, 9.17) is 9.47 Å². The molecule has 7 heteroatoms. The molecule has 144 valence electrons. The van der Waals surface area contributed by atoms with Gasteiger partial charge in [0.2, 0.25) is 0 Å². The van der Waals surface area contributed by atoms with Gasteiger partial charge in [0.1, 0.15) is 0 Å². The Bertz CT molecular complexity index is 1010. The number of halogens is 1. The first-order valence-corrected chi connectivity index (χ1v) is 10.5. The van der Waals surface area contributed by atoms with Gasteiger partial charge in [-0.2, -0.15) is 0 Å². The maximum absolute atomic E-state index is 13.4. The number of hydrogen-bond acceptors (Lipinski definition) is 5. The minimum absolute atomic E-state index is 0.0346. The van der Waals surface area contributed by atoms with Gasteiger partial charge in [0.15, 0.2) is 11.5 Å². The van der Waals surface area contributed by atoms with E-state index in [1.165, 1.54) is 5.56 Å². The number of thiophene rings is 1. The first-order valence-electron chi connectivity index (χ1n) is 8.82. The largest absolute Gasteiger partial charge is 0.493 e. The van der Waals surface area contributed by atoms with E-state index in [1.807, 2.05) is 34.5 Å². The van der Waals surface area contributed by atoms with Crippen LogP contribution in [-0.2, 0) is 6.42 Å². The Labute approximate surface area is 176 Å². The Morgan fingerprint density at radius 3 is 2.68 bits per heavy atom. The van der Waals surface area contributed by atoms with Gasteiger partial charge in [0.05, 0.1) is 25.8 Å². The van der Waals surface area contributed by atoms with Gasteiger partial charge in [-0.3, -0.25) is 9.78 Å². The highest BCUT2D eigenvalue weighted by atomic mass is 79.9. The summed E-state index contributed by atoms with van der Waals surface area (Å²) < 4.78 is 11.8. The average molecular weight is 459 g/mol. The summed E-state index contributed by atoms with van der Waals surface area (Å²) in [5.74, 6) is 1.34. The van der Waals surface area contributed by atoms with E-state index in [0.717, 1.165) is 21.3 Å². The summed E-state index contributed by atoms with van der Waals surface area (Å²) >= 11 is 5.05. The van der Waals surface area contributed by atoms with E-state index < -0.39 is 0 Å². The second kappa shape index (κ2) is 7.93. The van der Waals surface area contributed by atoms with E-state index in [1.54, 1.807) is 38.0 Å². The normalized spacial score (nSPS) is 15.8. The lowest BCUT2D eigenvalue weighted by Gasteiger charge is -2.37. The maximum atomic E-state index is 13.4. The molecule has 3 heterocycles. The Morgan fingerprint density at radius 2 is 2.00 bits per heavy atom. The highest BCUT2D eigenvalue weighted by Crippen LogP contribution is 2.42. The molecule has 1 aliphatic heterocycles. The molecule has 0 fully saturated rings. The fourth-order valence-corrected chi connectivity index (χ4v) is 4.83. The second-order valence-electron chi connectivity index (χ2n) is 6.46. The fourth-order valence-electron chi connectivity index (χ4n) is 3.61. The standard InChI is InChI=1S/C21H19BrN2O3S/c1-26-17-9-13-5-6-24(21(25)14-8-15(22)12-23-11-14)20(19-4-3-7-28-19)16(13)10-18(17)27-2/h3-4,7-12,20H,5-6H2,1-2H3. The summed E-state index contributed by atoms with van der Waals surface area (Å²) in [6, 6.07) is 9.74. The van der Waals surface area contributed by atoms with Crippen LogP contribution < -0.4 is 9.47 Å². The molecule has 0 bridgehead atoms. The minimum atomic E-state index is -0.171.